The van der Waals surface area contributed by atoms with Gasteiger partial charge >= 0.3 is 5.97 Å². The Labute approximate surface area is 188 Å². The summed E-state index contributed by atoms with van der Waals surface area (Å²) in [6, 6.07) is 18.0. The van der Waals surface area contributed by atoms with Crippen LogP contribution in [-0.2, 0) is 4.74 Å². The molecule has 7 nitrogen and oxygen atoms in total. The van der Waals surface area contributed by atoms with E-state index >= 15 is 0 Å². The number of ether oxygens (including phenoxy) is 3. The summed E-state index contributed by atoms with van der Waals surface area (Å²) in [6.07, 6.45) is 0. The Balaban J connectivity index is 1.75. The highest BCUT2D eigenvalue weighted by Gasteiger charge is 2.17. The molecule has 0 radical (unpaired) electrons. The van der Waals surface area contributed by atoms with Crippen LogP contribution in [0.4, 0.5) is 5.00 Å². The van der Waals surface area contributed by atoms with Crippen LogP contribution in [0.25, 0.3) is 22.2 Å². The van der Waals surface area contributed by atoms with Gasteiger partial charge in [0, 0.05) is 10.9 Å². The quantitative estimate of drug-likeness (QED) is 0.417. The molecule has 0 fully saturated rings. The normalized spacial score (nSPS) is 10.6. The fraction of sp³-hybridized carbons (Fsp3) is 0.125. The fourth-order valence-corrected chi connectivity index (χ4v) is 4.12. The lowest BCUT2D eigenvalue weighted by Crippen LogP contribution is -2.12. The number of anilines is 1. The highest BCUT2D eigenvalue weighted by Crippen LogP contribution is 2.33. The molecule has 4 aromatic rings. The summed E-state index contributed by atoms with van der Waals surface area (Å²) in [5.41, 5.74) is 2.56. The Morgan fingerprint density at radius 1 is 0.906 bits per heavy atom. The van der Waals surface area contributed by atoms with Crippen LogP contribution in [0, 0.1) is 0 Å². The molecule has 0 saturated carbocycles. The number of methoxy groups -OCH3 is 3. The van der Waals surface area contributed by atoms with Gasteiger partial charge in [-0.25, -0.2) is 9.78 Å². The minimum Gasteiger partial charge on any atom is -0.493 e. The Morgan fingerprint density at radius 2 is 1.69 bits per heavy atom. The van der Waals surface area contributed by atoms with Crippen molar-refractivity contribution in [3.63, 3.8) is 0 Å². The van der Waals surface area contributed by atoms with E-state index in [1.807, 2.05) is 36.4 Å². The number of amides is 1. The minimum atomic E-state index is -0.444. The van der Waals surface area contributed by atoms with E-state index < -0.39 is 5.97 Å². The topological polar surface area (TPSA) is 86.8 Å². The van der Waals surface area contributed by atoms with Gasteiger partial charge < -0.3 is 19.5 Å². The molecule has 4 rings (SSSR count). The molecule has 2 aromatic heterocycles. The molecule has 162 valence electrons. The number of pyridine rings is 1. The molecule has 0 atom stereocenters. The van der Waals surface area contributed by atoms with Crippen LogP contribution < -0.4 is 14.8 Å². The first kappa shape index (κ1) is 21.3. The van der Waals surface area contributed by atoms with Crippen LogP contribution in [-0.4, -0.2) is 38.2 Å². The highest BCUT2D eigenvalue weighted by molar-refractivity contribution is 7.18. The van der Waals surface area contributed by atoms with Crippen molar-refractivity contribution in [1.29, 1.82) is 0 Å². The number of carbonyl (C=O) groups excluding carboxylic acids is 2. The molecule has 0 aliphatic rings. The smallest absolute Gasteiger partial charge is 0.348 e. The molecule has 0 saturated heterocycles. The molecule has 0 spiro atoms. The Bertz CT molecular complexity index is 1310. The number of hydrogen-bond donors (Lipinski definition) is 1. The lowest BCUT2D eigenvalue weighted by atomic mass is 10.0. The highest BCUT2D eigenvalue weighted by atomic mass is 32.1. The van der Waals surface area contributed by atoms with Crippen molar-refractivity contribution >= 4 is 39.1 Å². The maximum Gasteiger partial charge on any atom is 0.348 e. The van der Waals surface area contributed by atoms with Crippen molar-refractivity contribution < 1.29 is 23.8 Å². The van der Waals surface area contributed by atoms with E-state index in [2.05, 4.69) is 5.32 Å². The summed E-state index contributed by atoms with van der Waals surface area (Å²) in [6.45, 7) is 0. The summed E-state index contributed by atoms with van der Waals surface area (Å²) in [4.78, 5) is 30.0. The van der Waals surface area contributed by atoms with E-state index in [1.54, 1.807) is 38.5 Å². The summed E-state index contributed by atoms with van der Waals surface area (Å²) >= 11 is 1.15. The maximum absolute atomic E-state index is 13.2. The van der Waals surface area contributed by atoms with E-state index in [0.717, 1.165) is 22.3 Å². The first-order chi connectivity index (χ1) is 15.5. The van der Waals surface area contributed by atoms with Gasteiger partial charge in [-0.2, -0.15) is 0 Å². The van der Waals surface area contributed by atoms with E-state index in [1.165, 1.54) is 7.11 Å². The average Bonchev–Trinajstić information content (AvgIpc) is 3.30. The third-order valence-corrected chi connectivity index (χ3v) is 5.85. The van der Waals surface area contributed by atoms with E-state index in [9.17, 15) is 9.59 Å². The molecule has 0 aliphatic heterocycles. The summed E-state index contributed by atoms with van der Waals surface area (Å²) in [5, 5.41) is 4.14. The van der Waals surface area contributed by atoms with Gasteiger partial charge in [0.1, 0.15) is 4.88 Å². The van der Waals surface area contributed by atoms with Crippen LogP contribution in [0.3, 0.4) is 0 Å². The lowest BCUT2D eigenvalue weighted by molar-refractivity contribution is 0.0606. The van der Waals surface area contributed by atoms with Gasteiger partial charge in [0.2, 0.25) is 0 Å². The zero-order valence-corrected chi connectivity index (χ0v) is 18.5. The second-order valence-corrected chi connectivity index (χ2v) is 7.84. The Kier molecular flexibility index (Phi) is 6.04. The summed E-state index contributed by atoms with van der Waals surface area (Å²) in [5.74, 6) is 0.429. The monoisotopic (exact) mass is 448 g/mol. The second-order valence-electron chi connectivity index (χ2n) is 6.75. The van der Waals surface area contributed by atoms with Crippen molar-refractivity contribution in [2.75, 3.05) is 26.6 Å². The van der Waals surface area contributed by atoms with E-state index in [0.29, 0.717) is 38.2 Å². The molecule has 0 aliphatic carbocycles. The molecule has 0 unspecified atom stereocenters. The van der Waals surface area contributed by atoms with Gasteiger partial charge in [0.15, 0.2) is 11.5 Å². The Morgan fingerprint density at radius 3 is 2.44 bits per heavy atom. The van der Waals surface area contributed by atoms with Crippen LogP contribution in [0.5, 0.6) is 11.5 Å². The van der Waals surface area contributed by atoms with Gasteiger partial charge in [-0.15, -0.1) is 11.3 Å². The van der Waals surface area contributed by atoms with Gasteiger partial charge in [-0.05, 0) is 42.5 Å². The Hall–Kier alpha value is -3.91. The number of aromatic nitrogens is 1. The predicted molar refractivity (Wildman–Crippen MR) is 124 cm³/mol. The largest absolute Gasteiger partial charge is 0.493 e. The number of benzene rings is 2. The third kappa shape index (κ3) is 4.13. The number of nitrogens with zero attached hydrogens (tertiary/aromatic N) is 1. The van der Waals surface area contributed by atoms with Gasteiger partial charge in [-0.1, -0.05) is 18.2 Å². The van der Waals surface area contributed by atoms with Crippen molar-refractivity contribution in [2.24, 2.45) is 0 Å². The van der Waals surface area contributed by atoms with Crippen LogP contribution in [0.15, 0.2) is 60.7 Å². The average molecular weight is 449 g/mol. The predicted octanol–water partition coefficient (Wildman–Crippen LogP) is 5.02. The third-order valence-electron chi connectivity index (χ3n) is 4.87. The SMILES string of the molecule is COC(=O)c1ccc(NC(=O)c2cc(-c3ccc(OC)c(OC)c3)nc3ccccc23)s1. The lowest BCUT2D eigenvalue weighted by Gasteiger charge is -2.12. The van der Waals surface area contributed by atoms with Crippen molar-refractivity contribution in [3.8, 4) is 22.8 Å². The van der Waals surface area contributed by atoms with Crippen LogP contribution >= 0.6 is 11.3 Å². The summed E-state index contributed by atoms with van der Waals surface area (Å²) < 4.78 is 15.4. The standard InChI is InChI=1S/C24H20N2O5S/c1-29-19-9-8-14(12-20(19)30-2)18-13-16(15-6-4-5-7-17(15)25-18)23(27)26-22-11-10-21(32-22)24(28)31-3/h4-13H,1-3H3,(H,26,27). The van der Waals surface area contributed by atoms with E-state index in [4.69, 9.17) is 19.2 Å². The molecule has 1 N–H and O–H groups in total. The molecular weight excluding hydrogens is 428 g/mol. The molecule has 0 bridgehead atoms. The maximum atomic E-state index is 13.2. The van der Waals surface area contributed by atoms with Crippen molar-refractivity contribution in [2.45, 2.75) is 0 Å². The van der Waals surface area contributed by atoms with Gasteiger partial charge in [0.05, 0.1) is 43.1 Å². The van der Waals surface area contributed by atoms with E-state index in [-0.39, 0.29) is 5.91 Å². The molecule has 8 heteroatoms. The summed E-state index contributed by atoms with van der Waals surface area (Å²) in [7, 11) is 4.46. The number of nitrogens with one attached hydrogen (secondary N) is 1. The van der Waals surface area contributed by atoms with Crippen LogP contribution in [0.2, 0.25) is 0 Å². The second kappa shape index (κ2) is 9.07. The number of carbonyl (C=O) groups is 2. The zero-order chi connectivity index (χ0) is 22.7. The zero-order valence-electron chi connectivity index (χ0n) is 17.7. The van der Waals surface area contributed by atoms with Gasteiger partial charge in [-0.3, -0.25) is 4.79 Å². The number of para-hydroxylation sites is 1. The number of fused-ring (bicyclic) bond motifs is 1. The molecule has 2 heterocycles. The number of esters is 1. The van der Waals surface area contributed by atoms with Crippen molar-refractivity contribution in [3.05, 3.63) is 71.1 Å². The van der Waals surface area contributed by atoms with Gasteiger partial charge in [0.25, 0.3) is 5.91 Å². The molecule has 2 aromatic carbocycles. The number of hydrogen-bond acceptors (Lipinski definition) is 7. The molecule has 32 heavy (non-hydrogen) atoms. The number of thiophene rings is 1. The fourth-order valence-electron chi connectivity index (χ4n) is 3.30. The molecular formula is C24H20N2O5S. The molecule has 1 amide bonds. The number of rotatable bonds is 6. The minimum absolute atomic E-state index is 0.302. The van der Waals surface area contributed by atoms with Crippen molar-refractivity contribution in [1.82, 2.24) is 4.98 Å². The first-order valence-corrected chi connectivity index (χ1v) is 10.5. The first-order valence-electron chi connectivity index (χ1n) is 9.65. The van der Waals surface area contributed by atoms with Crippen LogP contribution in [0.1, 0.15) is 20.0 Å².